The predicted octanol–water partition coefficient (Wildman–Crippen LogP) is 6.32. The Bertz CT molecular complexity index is 1300. The summed E-state index contributed by atoms with van der Waals surface area (Å²) in [7, 11) is 0. The maximum absolute atomic E-state index is 14.6. The molecule has 0 aliphatic heterocycles. The van der Waals surface area contributed by atoms with E-state index in [0.29, 0.717) is 28.3 Å². The number of carbonyl (C=O) groups is 2. The lowest BCUT2D eigenvalue weighted by Crippen LogP contribution is -2.12. The van der Waals surface area contributed by atoms with E-state index < -0.39 is 5.82 Å². The zero-order valence-corrected chi connectivity index (χ0v) is 19.7. The van der Waals surface area contributed by atoms with E-state index in [1.807, 2.05) is 19.1 Å². The maximum Gasteiger partial charge on any atom is 0.272 e. The number of halogens is 2. The van der Waals surface area contributed by atoms with Gasteiger partial charge in [-0.1, -0.05) is 0 Å². The Morgan fingerprint density at radius 1 is 0.788 bits per heavy atom. The molecule has 4 aromatic rings. The quantitative estimate of drug-likeness (QED) is 0.211. The molecule has 0 saturated heterocycles. The average molecular weight is 554 g/mol. The topological polar surface area (TPSA) is 86.0 Å². The molecule has 0 radical (unpaired) electrons. The minimum absolute atomic E-state index is 0.203. The van der Waals surface area contributed by atoms with Gasteiger partial charge in [0, 0.05) is 31.9 Å². The first-order chi connectivity index (χ1) is 15.9. The number of hydrogen-bond acceptors (Lipinski definition) is 3. The van der Waals surface area contributed by atoms with Crippen LogP contribution in [0.3, 0.4) is 0 Å². The number of anilines is 4. The highest BCUT2D eigenvalue weighted by molar-refractivity contribution is 14.1. The molecule has 0 aliphatic rings. The van der Waals surface area contributed by atoms with Crippen LogP contribution in [0.2, 0.25) is 0 Å². The van der Waals surface area contributed by atoms with Crippen molar-refractivity contribution in [3.05, 3.63) is 105 Å². The van der Waals surface area contributed by atoms with Crippen molar-refractivity contribution in [2.75, 3.05) is 16.0 Å². The first-order valence-corrected chi connectivity index (χ1v) is 11.2. The Morgan fingerprint density at radius 2 is 1.42 bits per heavy atom. The van der Waals surface area contributed by atoms with Crippen molar-refractivity contribution < 1.29 is 14.0 Å². The van der Waals surface area contributed by atoms with Crippen molar-refractivity contribution >= 4 is 57.2 Å². The van der Waals surface area contributed by atoms with Crippen LogP contribution in [0.4, 0.5) is 27.1 Å². The average Bonchev–Trinajstić information content (AvgIpc) is 3.24. The number of nitrogens with one attached hydrogen (secondary N) is 4. The summed E-state index contributed by atoms with van der Waals surface area (Å²) < 4.78 is 15.6. The van der Waals surface area contributed by atoms with Crippen LogP contribution >= 0.6 is 22.6 Å². The van der Waals surface area contributed by atoms with E-state index in [1.54, 1.807) is 60.7 Å². The van der Waals surface area contributed by atoms with Crippen molar-refractivity contribution in [3.8, 4) is 0 Å². The maximum atomic E-state index is 14.6. The van der Waals surface area contributed by atoms with Gasteiger partial charge in [-0.05, 0) is 108 Å². The monoisotopic (exact) mass is 554 g/mol. The van der Waals surface area contributed by atoms with Crippen LogP contribution in [0.1, 0.15) is 26.5 Å². The smallest absolute Gasteiger partial charge is 0.272 e. The van der Waals surface area contributed by atoms with Gasteiger partial charge in [0.05, 0.1) is 5.69 Å². The van der Waals surface area contributed by atoms with Gasteiger partial charge in [0.15, 0.2) is 0 Å². The number of aryl methyl sites for hydroxylation is 1. The molecule has 0 spiro atoms. The molecule has 1 aromatic heterocycles. The number of amides is 2. The molecule has 3 aromatic carbocycles. The van der Waals surface area contributed by atoms with Crippen LogP contribution in [-0.2, 0) is 0 Å². The summed E-state index contributed by atoms with van der Waals surface area (Å²) in [6.07, 6.45) is 0. The van der Waals surface area contributed by atoms with Gasteiger partial charge in [-0.3, -0.25) is 9.59 Å². The van der Waals surface area contributed by atoms with Crippen molar-refractivity contribution in [2.45, 2.75) is 6.92 Å². The molecule has 0 bridgehead atoms. The lowest BCUT2D eigenvalue weighted by atomic mass is 10.2. The SMILES string of the molecule is Cc1ccc(C(=O)Nc2ccc(Nc3ccc(NC(=O)c4ccc(I)cc4)cc3)c(F)c2)[nH]1. The molecular formula is C25H20FIN4O2. The summed E-state index contributed by atoms with van der Waals surface area (Å²) in [6.45, 7) is 1.85. The molecule has 0 atom stereocenters. The summed E-state index contributed by atoms with van der Waals surface area (Å²) in [5.41, 5.74) is 3.74. The first kappa shape index (κ1) is 22.5. The molecule has 0 fully saturated rings. The summed E-state index contributed by atoms with van der Waals surface area (Å²) in [6, 6.07) is 22.1. The molecule has 4 rings (SSSR count). The molecule has 0 unspecified atom stereocenters. The number of benzene rings is 3. The predicted molar refractivity (Wildman–Crippen MR) is 137 cm³/mol. The summed E-state index contributed by atoms with van der Waals surface area (Å²) >= 11 is 2.18. The summed E-state index contributed by atoms with van der Waals surface area (Å²) in [5, 5.41) is 8.50. The second-order valence-corrected chi connectivity index (χ2v) is 8.61. The van der Waals surface area contributed by atoms with E-state index in [2.05, 4.69) is 43.5 Å². The van der Waals surface area contributed by atoms with Crippen LogP contribution in [-0.4, -0.2) is 16.8 Å². The fourth-order valence-corrected chi connectivity index (χ4v) is 3.49. The van der Waals surface area contributed by atoms with Crippen LogP contribution in [0.5, 0.6) is 0 Å². The second-order valence-electron chi connectivity index (χ2n) is 7.37. The number of rotatable bonds is 6. The molecular weight excluding hydrogens is 534 g/mol. The second kappa shape index (κ2) is 9.86. The molecule has 166 valence electrons. The van der Waals surface area contributed by atoms with Gasteiger partial charge in [-0.2, -0.15) is 0 Å². The van der Waals surface area contributed by atoms with E-state index in [0.717, 1.165) is 9.26 Å². The van der Waals surface area contributed by atoms with Crippen LogP contribution in [0.25, 0.3) is 0 Å². The zero-order valence-electron chi connectivity index (χ0n) is 17.6. The van der Waals surface area contributed by atoms with E-state index in [1.165, 1.54) is 6.07 Å². The normalized spacial score (nSPS) is 10.5. The molecule has 2 amide bonds. The minimum atomic E-state index is -0.508. The van der Waals surface area contributed by atoms with Gasteiger partial charge in [-0.15, -0.1) is 0 Å². The molecule has 0 saturated carbocycles. The standard InChI is InChI=1S/C25H20FIN4O2/c1-15-2-12-23(28-15)25(33)31-20-11-13-22(21(26)14-20)29-18-7-9-19(10-8-18)30-24(32)16-3-5-17(27)6-4-16/h2-14,28-29H,1H3,(H,30,32)(H,31,33). The Morgan fingerprint density at radius 3 is 2.06 bits per heavy atom. The first-order valence-electron chi connectivity index (χ1n) is 10.1. The largest absolute Gasteiger partial charge is 0.355 e. The zero-order chi connectivity index (χ0) is 23.4. The lowest BCUT2D eigenvalue weighted by Gasteiger charge is -2.11. The van der Waals surface area contributed by atoms with E-state index >= 15 is 0 Å². The molecule has 0 aliphatic carbocycles. The Hall–Kier alpha value is -3.66. The molecule has 1 heterocycles. The highest BCUT2D eigenvalue weighted by Gasteiger charge is 2.11. The van der Waals surface area contributed by atoms with Crippen LogP contribution < -0.4 is 16.0 Å². The van der Waals surface area contributed by atoms with Crippen molar-refractivity contribution in [1.29, 1.82) is 0 Å². The van der Waals surface area contributed by atoms with Gasteiger partial charge in [-0.25, -0.2) is 4.39 Å². The van der Waals surface area contributed by atoms with Gasteiger partial charge < -0.3 is 20.9 Å². The van der Waals surface area contributed by atoms with Crippen molar-refractivity contribution in [2.24, 2.45) is 0 Å². The van der Waals surface area contributed by atoms with E-state index in [-0.39, 0.29) is 17.5 Å². The lowest BCUT2D eigenvalue weighted by molar-refractivity contribution is 0.101. The van der Waals surface area contributed by atoms with Gasteiger partial charge in [0.2, 0.25) is 0 Å². The van der Waals surface area contributed by atoms with Crippen molar-refractivity contribution in [3.63, 3.8) is 0 Å². The number of aromatic nitrogens is 1. The molecule has 6 nitrogen and oxygen atoms in total. The van der Waals surface area contributed by atoms with Crippen LogP contribution in [0.15, 0.2) is 78.9 Å². The number of aromatic amines is 1. The highest BCUT2D eigenvalue weighted by Crippen LogP contribution is 2.24. The van der Waals surface area contributed by atoms with Crippen molar-refractivity contribution in [1.82, 2.24) is 4.98 Å². The third-order valence-corrected chi connectivity index (χ3v) is 5.55. The Labute approximate surface area is 203 Å². The Balaban J connectivity index is 1.38. The van der Waals surface area contributed by atoms with Gasteiger partial charge in [0.25, 0.3) is 11.8 Å². The minimum Gasteiger partial charge on any atom is -0.355 e. The van der Waals surface area contributed by atoms with Crippen LogP contribution in [0, 0.1) is 16.3 Å². The fourth-order valence-electron chi connectivity index (χ4n) is 3.13. The summed E-state index contributed by atoms with van der Waals surface area (Å²) in [4.78, 5) is 27.5. The third-order valence-electron chi connectivity index (χ3n) is 4.83. The number of hydrogen-bond donors (Lipinski definition) is 4. The molecule has 8 heteroatoms. The fraction of sp³-hybridized carbons (Fsp3) is 0.0400. The number of carbonyl (C=O) groups excluding carboxylic acids is 2. The van der Waals surface area contributed by atoms with Gasteiger partial charge in [0.1, 0.15) is 11.5 Å². The van der Waals surface area contributed by atoms with E-state index in [4.69, 9.17) is 0 Å². The molecule has 33 heavy (non-hydrogen) atoms. The summed E-state index contributed by atoms with van der Waals surface area (Å²) in [5.74, 6) is -1.05. The number of H-pyrrole nitrogens is 1. The Kier molecular flexibility index (Phi) is 6.74. The van der Waals surface area contributed by atoms with E-state index in [9.17, 15) is 14.0 Å². The third kappa shape index (κ3) is 5.78. The highest BCUT2D eigenvalue weighted by atomic mass is 127. The van der Waals surface area contributed by atoms with Gasteiger partial charge >= 0.3 is 0 Å². The molecule has 4 N–H and O–H groups in total.